The number of aryl methyl sites for hydroxylation is 1. The predicted molar refractivity (Wildman–Crippen MR) is 82.9 cm³/mol. The van der Waals surface area contributed by atoms with Gasteiger partial charge >= 0.3 is 0 Å². The summed E-state index contributed by atoms with van der Waals surface area (Å²) in [6.45, 7) is 5.85. The maximum absolute atomic E-state index is 11.8. The minimum Gasteiger partial charge on any atom is -0.326 e. The van der Waals surface area contributed by atoms with Gasteiger partial charge in [0.2, 0.25) is 11.8 Å². The van der Waals surface area contributed by atoms with Crippen LogP contribution in [0.3, 0.4) is 0 Å². The summed E-state index contributed by atoms with van der Waals surface area (Å²) >= 11 is 0. The van der Waals surface area contributed by atoms with Crippen LogP contribution in [0.4, 0.5) is 11.4 Å². The molecule has 0 fully saturated rings. The van der Waals surface area contributed by atoms with Gasteiger partial charge in [-0.25, -0.2) is 0 Å². The smallest absolute Gasteiger partial charge is 0.224 e. The molecule has 0 spiro atoms. The van der Waals surface area contributed by atoms with Crippen molar-refractivity contribution in [3.63, 3.8) is 0 Å². The highest BCUT2D eigenvalue weighted by atomic mass is 16.2. The van der Waals surface area contributed by atoms with E-state index in [1.54, 1.807) is 6.07 Å². The molecule has 0 unspecified atom stereocenters. The SMILES string of the molecule is CCCCCC(=O)Nc1ccc(C)c(NC(=O)CC)c1. The lowest BCUT2D eigenvalue weighted by atomic mass is 10.1. The van der Waals surface area contributed by atoms with Crippen LogP contribution < -0.4 is 10.6 Å². The van der Waals surface area contributed by atoms with Crippen LogP contribution in [0.5, 0.6) is 0 Å². The number of hydrogen-bond donors (Lipinski definition) is 2. The number of amides is 2. The molecule has 1 rings (SSSR count). The van der Waals surface area contributed by atoms with E-state index in [0.29, 0.717) is 12.8 Å². The Morgan fingerprint density at radius 2 is 1.80 bits per heavy atom. The summed E-state index contributed by atoms with van der Waals surface area (Å²) in [5, 5.41) is 5.71. The number of carbonyl (C=O) groups is 2. The van der Waals surface area contributed by atoms with Gasteiger partial charge in [-0.2, -0.15) is 0 Å². The lowest BCUT2D eigenvalue weighted by Gasteiger charge is -2.11. The standard InChI is InChI=1S/C16H24N2O2/c1-4-6-7-8-16(20)17-13-10-9-12(3)14(11-13)18-15(19)5-2/h9-11H,4-8H2,1-3H3,(H,17,20)(H,18,19). The third-order valence-corrected chi connectivity index (χ3v) is 3.12. The molecule has 0 radical (unpaired) electrons. The predicted octanol–water partition coefficient (Wildman–Crippen LogP) is 3.86. The Kier molecular flexibility index (Phi) is 6.77. The Hall–Kier alpha value is -1.84. The molecule has 1 aromatic carbocycles. The molecule has 4 heteroatoms. The summed E-state index contributed by atoms with van der Waals surface area (Å²) in [6.07, 6.45) is 4.06. The van der Waals surface area contributed by atoms with E-state index >= 15 is 0 Å². The summed E-state index contributed by atoms with van der Waals surface area (Å²) in [4.78, 5) is 23.2. The van der Waals surface area contributed by atoms with E-state index in [4.69, 9.17) is 0 Å². The second-order valence-electron chi connectivity index (χ2n) is 4.94. The van der Waals surface area contributed by atoms with Gasteiger partial charge in [0.25, 0.3) is 0 Å². The molecule has 1 aromatic rings. The Morgan fingerprint density at radius 1 is 1.05 bits per heavy atom. The van der Waals surface area contributed by atoms with Crippen LogP contribution in [0, 0.1) is 6.92 Å². The summed E-state index contributed by atoms with van der Waals surface area (Å²) in [5.41, 5.74) is 2.46. The van der Waals surface area contributed by atoms with Gasteiger partial charge in [-0.05, 0) is 31.0 Å². The van der Waals surface area contributed by atoms with E-state index in [-0.39, 0.29) is 11.8 Å². The van der Waals surface area contributed by atoms with Crippen molar-refractivity contribution in [1.82, 2.24) is 0 Å². The molecule has 0 atom stereocenters. The van der Waals surface area contributed by atoms with Crippen molar-refractivity contribution < 1.29 is 9.59 Å². The molecule has 0 aromatic heterocycles. The largest absolute Gasteiger partial charge is 0.326 e. The monoisotopic (exact) mass is 276 g/mol. The van der Waals surface area contributed by atoms with Crippen LogP contribution in [-0.2, 0) is 9.59 Å². The van der Waals surface area contributed by atoms with Gasteiger partial charge in [0.05, 0.1) is 0 Å². The van der Waals surface area contributed by atoms with Gasteiger partial charge < -0.3 is 10.6 Å². The quantitative estimate of drug-likeness (QED) is 0.743. The van der Waals surface area contributed by atoms with E-state index in [0.717, 1.165) is 36.2 Å². The molecular formula is C16H24N2O2. The first-order chi connectivity index (χ1) is 9.56. The van der Waals surface area contributed by atoms with Gasteiger partial charge in [0, 0.05) is 24.2 Å². The first-order valence-corrected chi connectivity index (χ1v) is 7.27. The number of nitrogens with one attached hydrogen (secondary N) is 2. The average Bonchev–Trinajstić information content (AvgIpc) is 2.42. The fourth-order valence-corrected chi connectivity index (χ4v) is 1.83. The second-order valence-corrected chi connectivity index (χ2v) is 4.94. The number of hydrogen-bond acceptors (Lipinski definition) is 2. The summed E-state index contributed by atoms with van der Waals surface area (Å²) < 4.78 is 0. The molecule has 0 saturated heterocycles. The van der Waals surface area contributed by atoms with Crippen LogP contribution in [0.15, 0.2) is 18.2 Å². The van der Waals surface area contributed by atoms with Crippen LogP contribution >= 0.6 is 0 Å². The number of carbonyl (C=O) groups excluding carboxylic acids is 2. The molecule has 20 heavy (non-hydrogen) atoms. The van der Waals surface area contributed by atoms with Crippen LogP contribution in [-0.4, -0.2) is 11.8 Å². The Morgan fingerprint density at radius 3 is 2.45 bits per heavy atom. The normalized spacial score (nSPS) is 10.2. The summed E-state index contributed by atoms with van der Waals surface area (Å²) in [6, 6.07) is 5.56. The molecular weight excluding hydrogens is 252 g/mol. The molecule has 0 aliphatic heterocycles. The van der Waals surface area contributed by atoms with Gasteiger partial charge in [-0.3, -0.25) is 9.59 Å². The molecule has 0 aliphatic carbocycles. The number of benzene rings is 1. The zero-order valence-electron chi connectivity index (χ0n) is 12.6. The molecule has 0 heterocycles. The maximum Gasteiger partial charge on any atom is 0.224 e. The molecule has 2 N–H and O–H groups in total. The zero-order valence-corrected chi connectivity index (χ0v) is 12.6. The first-order valence-electron chi connectivity index (χ1n) is 7.27. The average molecular weight is 276 g/mol. The maximum atomic E-state index is 11.8. The zero-order chi connectivity index (χ0) is 15.0. The third kappa shape index (κ3) is 5.43. The van der Waals surface area contributed by atoms with Crippen LogP contribution in [0.25, 0.3) is 0 Å². The Bertz CT molecular complexity index is 470. The molecule has 4 nitrogen and oxygen atoms in total. The second kappa shape index (κ2) is 8.35. The van der Waals surface area contributed by atoms with Crippen molar-refractivity contribution in [3.8, 4) is 0 Å². The summed E-state index contributed by atoms with van der Waals surface area (Å²) in [7, 11) is 0. The van der Waals surface area contributed by atoms with E-state index < -0.39 is 0 Å². The van der Waals surface area contributed by atoms with Gasteiger partial charge in [0.1, 0.15) is 0 Å². The lowest BCUT2D eigenvalue weighted by Crippen LogP contribution is -2.13. The van der Waals surface area contributed by atoms with Crippen molar-refractivity contribution in [2.24, 2.45) is 0 Å². The van der Waals surface area contributed by atoms with Crippen LogP contribution in [0.2, 0.25) is 0 Å². The number of rotatable bonds is 7. The fourth-order valence-electron chi connectivity index (χ4n) is 1.83. The van der Waals surface area contributed by atoms with Crippen molar-refractivity contribution in [2.75, 3.05) is 10.6 Å². The minimum atomic E-state index is -0.0282. The molecule has 0 bridgehead atoms. The molecule has 110 valence electrons. The minimum absolute atomic E-state index is 0.0232. The topological polar surface area (TPSA) is 58.2 Å². The van der Waals surface area contributed by atoms with Crippen molar-refractivity contribution in [2.45, 2.75) is 52.9 Å². The van der Waals surface area contributed by atoms with Crippen molar-refractivity contribution in [3.05, 3.63) is 23.8 Å². The van der Waals surface area contributed by atoms with E-state index in [9.17, 15) is 9.59 Å². The molecule has 2 amide bonds. The third-order valence-electron chi connectivity index (χ3n) is 3.12. The highest BCUT2D eigenvalue weighted by Crippen LogP contribution is 2.20. The van der Waals surface area contributed by atoms with Crippen molar-refractivity contribution >= 4 is 23.2 Å². The Labute approximate surface area is 121 Å². The van der Waals surface area contributed by atoms with Gasteiger partial charge in [0.15, 0.2) is 0 Å². The van der Waals surface area contributed by atoms with Crippen LogP contribution in [0.1, 0.15) is 51.5 Å². The highest BCUT2D eigenvalue weighted by molar-refractivity contribution is 5.94. The fraction of sp³-hybridized carbons (Fsp3) is 0.500. The molecule has 0 aliphatic rings. The van der Waals surface area contributed by atoms with Crippen molar-refractivity contribution in [1.29, 1.82) is 0 Å². The lowest BCUT2D eigenvalue weighted by molar-refractivity contribution is -0.116. The van der Waals surface area contributed by atoms with E-state index in [1.807, 2.05) is 26.0 Å². The number of unbranched alkanes of at least 4 members (excludes halogenated alkanes) is 2. The van der Waals surface area contributed by atoms with E-state index in [2.05, 4.69) is 17.6 Å². The Balaban J connectivity index is 2.64. The summed E-state index contributed by atoms with van der Waals surface area (Å²) in [5.74, 6) is -0.00501. The van der Waals surface area contributed by atoms with Gasteiger partial charge in [-0.1, -0.05) is 32.8 Å². The number of anilines is 2. The first kappa shape index (κ1) is 16.2. The van der Waals surface area contributed by atoms with E-state index in [1.165, 1.54) is 0 Å². The van der Waals surface area contributed by atoms with Gasteiger partial charge in [-0.15, -0.1) is 0 Å². The highest BCUT2D eigenvalue weighted by Gasteiger charge is 2.06. The molecule has 0 saturated carbocycles.